The van der Waals surface area contributed by atoms with Gasteiger partial charge in [-0.15, -0.1) is 23.1 Å². The summed E-state index contributed by atoms with van der Waals surface area (Å²) in [4.78, 5) is 55.4. The lowest BCUT2D eigenvalue weighted by atomic mass is 10.0. The Labute approximate surface area is 241 Å². The number of hydrogen-bond acceptors (Lipinski definition) is 12. The smallest absolute Gasteiger partial charge is 0.352 e. The highest BCUT2D eigenvalue weighted by Gasteiger charge is 2.54. The zero-order chi connectivity index (χ0) is 28.6. The van der Waals surface area contributed by atoms with E-state index in [-0.39, 0.29) is 22.2 Å². The number of nitrogens with two attached hydrogens (primary N) is 1. The summed E-state index contributed by atoms with van der Waals surface area (Å²) in [5, 5.41) is 18.6. The van der Waals surface area contributed by atoms with Crippen molar-refractivity contribution in [2.24, 2.45) is 5.16 Å². The first kappa shape index (κ1) is 27.8. The van der Waals surface area contributed by atoms with Gasteiger partial charge in [0.25, 0.3) is 11.8 Å². The third-order valence-electron chi connectivity index (χ3n) is 6.48. The third kappa shape index (κ3) is 5.09. The van der Waals surface area contributed by atoms with E-state index in [1.165, 1.54) is 23.8 Å². The van der Waals surface area contributed by atoms with E-state index >= 15 is 0 Å². The normalized spacial score (nSPS) is 18.9. The van der Waals surface area contributed by atoms with E-state index in [0.717, 1.165) is 39.8 Å². The molecule has 210 valence electrons. The molecule has 2 aliphatic rings. The second-order valence-corrected chi connectivity index (χ2v) is 11.9. The molecule has 3 aromatic rings. The summed E-state index contributed by atoms with van der Waals surface area (Å²) < 4.78 is 2.89. The highest BCUT2D eigenvalue weighted by atomic mass is 32.2. The topological polar surface area (TPSA) is 167 Å². The van der Waals surface area contributed by atoms with E-state index in [0.29, 0.717) is 17.9 Å². The number of amides is 2. The summed E-state index contributed by atoms with van der Waals surface area (Å²) >= 11 is 4.11. The van der Waals surface area contributed by atoms with Crippen LogP contribution in [0.15, 0.2) is 40.3 Å². The molecule has 0 unspecified atom stereocenters. The molecule has 0 saturated carbocycles. The lowest BCUT2D eigenvalue weighted by Gasteiger charge is -2.49. The van der Waals surface area contributed by atoms with Crippen molar-refractivity contribution in [1.29, 1.82) is 0 Å². The van der Waals surface area contributed by atoms with Gasteiger partial charge in [-0.2, -0.15) is 4.57 Å². The second-order valence-electron chi connectivity index (χ2n) is 8.85. The molecule has 2 atom stereocenters. The van der Waals surface area contributed by atoms with Crippen molar-refractivity contribution >= 4 is 78.4 Å². The number of fused-ring (bicyclic) bond motifs is 2. The third-order valence-corrected chi connectivity index (χ3v) is 9.56. The lowest BCUT2D eigenvalue weighted by Crippen LogP contribution is -2.71. The maximum Gasteiger partial charge on any atom is 0.352 e. The van der Waals surface area contributed by atoms with E-state index in [9.17, 15) is 19.5 Å². The first-order valence-corrected chi connectivity index (χ1v) is 15.1. The highest BCUT2D eigenvalue weighted by Crippen LogP contribution is 2.40. The highest BCUT2D eigenvalue weighted by molar-refractivity contribution is 8.00. The predicted octanol–water partition coefficient (Wildman–Crippen LogP) is 1.26. The number of carboxylic acid groups (broad SMARTS) is 1. The number of oxime groups is 1. The van der Waals surface area contributed by atoms with Crippen LogP contribution in [0.25, 0.3) is 10.2 Å². The molecule has 2 aliphatic heterocycles. The summed E-state index contributed by atoms with van der Waals surface area (Å²) in [7, 11) is 1.29. The van der Waals surface area contributed by atoms with Crippen LogP contribution in [0, 0.1) is 0 Å². The van der Waals surface area contributed by atoms with Gasteiger partial charge in [0.2, 0.25) is 0 Å². The minimum atomic E-state index is -1.19. The number of β-lactam (4-membered cyclic amide) rings is 1. The van der Waals surface area contributed by atoms with Gasteiger partial charge < -0.3 is 25.9 Å². The number of nitrogens with one attached hydrogen (secondary N) is 1. The average molecular weight is 604 g/mol. The van der Waals surface area contributed by atoms with Gasteiger partial charge in [0.05, 0.1) is 5.52 Å². The molecule has 13 nitrogen and oxygen atoms in total. The first-order valence-electron chi connectivity index (χ1n) is 12.3. The van der Waals surface area contributed by atoms with E-state index in [1.807, 2.05) is 23.0 Å². The number of pyridine rings is 1. The average Bonchev–Trinajstić information content (AvgIpc) is 3.56. The number of nitrogens with zero attached hydrogens (tertiary/aromatic N) is 6. The van der Waals surface area contributed by atoms with Gasteiger partial charge in [-0.05, 0) is 13.8 Å². The Balaban J connectivity index is 1.35. The monoisotopic (exact) mass is 603 g/mol. The van der Waals surface area contributed by atoms with E-state index in [1.54, 1.807) is 16.7 Å². The number of aromatic nitrogens is 3. The van der Waals surface area contributed by atoms with Crippen molar-refractivity contribution in [3.05, 3.63) is 40.8 Å². The molecule has 3 aromatic heterocycles. The van der Waals surface area contributed by atoms with Gasteiger partial charge in [0.1, 0.15) is 34.6 Å². The molecule has 0 radical (unpaired) electrons. The Morgan fingerprint density at radius 2 is 2.12 bits per heavy atom. The Morgan fingerprint density at radius 3 is 2.77 bits per heavy atom. The molecular weight excluding hydrogens is 577 g/mol. The Bertz CT molecular complexity index is 1550. The molecule has 5 heterocycles. The number of anilines is 2. The largest absolute Gasteiger partial charge is 0.477 e. The van der Waals surface area contributed by atoms with Gasteiger partial charge in [-0.1, -0.05) is 16.5 Å². The summed E-state index contributed by atoms with van der Waals surface area (Å²) in [5.41, 5.74) is 7.18. The number of aliphatic carboxylic acids is 1. The summed E-state index contributed by atoms with van der Waals surface area (Å²) in [5.74, 6) is -2.00. The van der Waals surface area contributed by atoms with Crippen molar-refractivity contribution in [2.75, 3.05) is 36.6 Å². The zero-order valence-corrected chi connectivity index (χ0v) is 24.3. The molecule has 1 fully saturated rings. The quantitative estimate of drug-likeness (QED) is 0.133. The molecule has 2 amide bonds. The molecule has 0 spiro atoms. The number of thiazole rings is 2. The summed E-state index contributed by atoms with van der Waals surface area (Å²) in [6.45, 7) is 6.18. The SMILES string of the molecule is CCN(CC)c1nc2cc[n+](CC3=C(C(=O)O)N4C(=O)[C@@H](NC(=O)/C(=N\OC)c5csc(N)n5)[C@H]4SC3)cc2s1. The maximum absolute atomic E-state index is 13.1. The van der Waals surface area contributed by atoms with E-state index < -0.39 is 29.2 Å². The molecular formula is C24H27N8O5S3+. The Morgan fingerprint density at radius 1 is 1.35 bits per heavy atom. The second kappa shape index (κ2) is 11.4. The van der Waals surface area contributed by atoms with Crippen molar-refractivity contribution in [2.45, 2.75) is 31.8 Å². The van der Waals surface area contributed by atoms with Crippen LogP contribution in [0.4, 0.5) is 10.3 Å². The molecule has 16 heteroatoms. The van der Waals surface area contributed by atoms with Gasteiger partial charge in [-0.3, -0.25) is 14.5 Å². The minimum absolute atomic E-state index is 0.0574. The lowest BCUT2D eigenvalue weighted by molar-refractivity contribution is -0.687. The molecule has 40 heavy (non-hydrogen) atoms. The van der Waals surface area contributed by atoms with Gasteiger partial charge in [-0.25, -0.2) is 14.8 Å². The molecule has 0 bridgehead atoms. The van der Waals surface area contributed by atoms with E-state index in [4.69, 9.17) is 15.6 Å². The molecule has 0 aliphatic carbocycles. The summed E-state index contributed by atoms with van der Waals surface area (Å²) in [6, 6.07) is 0.986. The van der Waals surface area contributed by atoms with Crippen molar-refractivity contribution in [1.82, 2.24) is 20.2 Å². The molecule has 1 saturated heterocycles. The van der Waals surface area contributed by atoms with Crippen LogP contribution in [-0.2, 0) is 25.8 Å². The van der Waals surface area contributed by atoms with Crippen LogP contribution in [0.2, 0.25) is 0 Å². The predicted molar refractivity (Wildman–Crippen MR) is 153 cm³/mol. The Kier molecular flexibility index (Phi) is 7.91. The van der Waals surface area contributed by atoms with Crippen LogP contribution in [0.5, 0.6) is 0 Å². The number of carbonyl (C=O) groups is 3. The van der Waals surface area contributed by atoms with Crippen molar-refractivity contribution in [3.8, 4) is 0 Å². The fraction of sp³-hybridized carbons (Fsp3) is 0.375. The fourth-order valence-electron chi connectivity index (χ4n) is 4.56. The van der Waals surface area contributed by atoms with Crippen LogP contribution in [-0.4, -0.2) is 80.8 Å². The number of carboxylic acids is 1. The number of thioether (sulfide) groups is 1. The fourth-order valence-corrected chi connectivity index (χ4v) is 7.58. The van der Waals surface area contributed by atoms with Gasteiger partial charge >= 0.3 is 5.97 Å². The zero-order valence-electron chi connectivity index (χ0n) is 21.9. The van der Waals surface area contributed by atoms with E-state index in [2.05, 4.69) is 34.2 Å². The molecule has 4 N–H and O–H groups in total. The van der Waals surface area contributed by atoms with Crippen LogP contribution in [0.1, 0.15) is 19.5 Å². The van der Waals surface area contributed by atoms with Crippen LogP contribution >= 0.6 is 34.4 Å². The van der Waals surface area contributed by atoms with Crippen LogP contribution < -0.4 is 20.5 Å². The number of carbonyl (C=O) groups excluding carboxylic acids is 2. The molecule has 5 rings (SSSR count). The molecule has 0 aromatic carbocycles. The van der Waals surface area contributed by atoms with Crippen molar-refractivity contribution in [3.63, 3.8) is 0 Å². The standard InChI is InChI=1S/C24H26N8O5S3/c1-4-31(5-2)24-27-13-6-7-30(9-15(13)40-24)8-12-10-38-21-17(20(34)32(21)18(12)22(35)36)28-19(33)16(29-37-3)14-11-39-23(25)26-14/h6-7,9,11,17,21H,4-5,8,10H2,1-3H3,(H3-,25,26,28,33,35,36)/p+1/b29-16-/t17-,21-/m1/s1. The van der Waals surface area contributed by atoms with Crippen LogP contribution in [0.3, 0.4) is 0 Å². The van der Waals surface area contributed by atoms with Crippen molar-refractivity contribution < 1.29 is 28.9 Å². The Hall–Kier alpha value is -3.76. The summed E-state index contributed by atoms with van der Waals surface area (Å²) in [6.07, 6.45) is 3.81. The first-order chi connectivity index (χ1) is 19.2. The minimum Gasteiger partial charge on any atom is -0.477 e. The van der Waals surface area contributed by atoms with Gasteiger partial charge in [0, 0.05) is 35.9 Å². The number of nitrogen functional groups attached to an aromatic ring is 1. The van der Waals surface area contributed by atoms with Gasteiger partial charge in [0.15, 0.2) is 34.9 Å². The number of hydrogen-bond donors (Lipinski definition) is 3. The maximum atomic E-state index is 13.1. The number of rotatable bonds is 10.